The first kappa shape index (κ1) is 18.9. The molecular weight excluding hydrogens is 386 g/mol. The number of carbonyl (C=O) groups excluding carboxylic acids is 1. The third-order valence-electron chi connectivity index (χ3n) is 4.16. The van der Waals surface area contributed by atoms with Gasteiger partial charge in [-0.15, -0.1) is 11.3 Å². The van der Waals surface area contributed by atoms with Crippen molar-refractivity contribution in [2.75, 3.05) is 11.9 Å². The predicted molar refractivity (Wildman–Crippen MR) is 113 cm³/mol. The van der Waals surface area contributed by atoms with Crippen molar-refractivity contribution < 1.29 is 14.1 Å². The minimum Gasteiger partial charge on any atom is -0.494 e. The first-order chi connectivity index (χ1) is 14.2. The van der Waals surface area contributed by atoms with Gasteiger partial charge in [-0.05, 0) is 54.8 Å². The zero-order chi connectivity index (χ0) is 20.1. The maximum atomic E-state index is 12.2. The molecule has 0 spiro atoms. The molecule has 2 heterocycles. The van der Waals surface area contributed by atoms with Crippen LogP contribution in [0.1, 0.15) is 11.8 Å². The van der Waals surface area contributed by atoms with Crippen LogP contribution in [0.25, 0.3) is 22.8 Å². The Bertz CT molecular complexity index is 1090. The van der Waals surface area contributed by atoms with Crippen molar-refractivity contribution >= 4 is 22.9 Å². The summed E-state index contributed by atoms with van der Waals surface area (Å²) >= 11 is 1.56. The molecule has 0 bridgehead atoms. The Kier molecular flexibility index (Phi) is 5.67. The molecule has 0 atom stereocenters. The summed E-state index contributed by atoms with van der Waals surface area (Å²) in [6, 6.07) is 18.8. The van der Waals surface area contributed by atoms with Crippen LogP contribution in [0.2, 0.25) is 0 Å². The molecule has 1 amide bonds. The van der Waals surface area contributed by atoms with Crippen LogP contribution in [-0.2, 0) is 11.2 Å². The molecule has 6 nitrogen and oxygen atoms in total. The number of anilines is 1. The molecule has 0 aliphatic carbocycles. The highest BCUT2D eigenvalue weighted by atomic mass is 32.1. The summed E-state index contributed by atoms with van der Waals surface area (Å²) in [5, 5.41) is 8.95. The number of hydrogen-bond donors (Lipinski definition) is 1. The molecule has 4 aromatic rings. The normalized spacial score (nSPS) is 10.7. The molecule has 146 valence electrons. The smallest absolute Gasteiger partial charge is 0.258 e. The van der Waals surface area contributed by atoms with E-state index in [1.165, 1.54) is 0 Å². The lowest BCUT2D eigenvalue weighted by molar-refractivity contribution is -0.115. The topological polar surface area (TPSA) is 77.2 Å². The Morgan fingerprint density at radius 1 is 1.10 bits per heavy atom. The lowest BCUT2D eigenvalue weighted by Gasteiger charge is -2.05. The van der Waals surface area contributed by atoms with Crippen molar-refractivity contribution in [3.8, 4) is 28.6 Å². The van der Waals surface area contributed by atoms with E-state index < -0.39 is 0 Å². The summed E-state index contributed by atoms with van der Waals surface area (Å²) in [6.45, 7) is 2.56. The maximum absolute atomic E-state index is 12.2. The van der Waals surface area contributed by atoms with Gasteiger partial charge in [0.2, 0.25) is 11.7 Å². The molecule has 0 fully saturated rings. The van der Waals surface area contributed by atoms with Gasteiger partial charge >= 0.3 is 0 Å². The van der Waals surface area contributed by atoms with E-state index in [1.54, 1.807) is 11.3 Å². The number of benzene rings is 2. The van der Waals surface area contributed by atoms with Crippen LogP contribution in [-0.4, -0.2) is 22.7 Å². The van der Waals surface area contributed by atoms with Crippen molar-refractivity contribution in [1.82, 2.24) is 10.1 Å². The molecule has 0 unspecified atom stereocenters. The van der Waals surface area contributed by atoms with E-state index >= 15 is 0 Å². The largest absolute Gasteiger partial charge is 0.494 e. The van der Waals surface area contributed by atoms with Crippen molar-refractivity contribution in [3.05, 3.63) is 70.9 Å². The molecule has 0 saturated carbocycles. The predicted octanol–water partition coefficient (Wildman–Crippen LogP) is 5.05. The second-order valence-corrected chi connectivity index (χ2v) is 7.30. The number of amides is 1. The van der Waals surface area contributed by atoms with Gasteiger partial charge in [-0.1, -0.05) is 23.4 Å². The Balaban J connectivity index is 1.47. The molecule has 0 radical (unpaired) electrons. The van der Waals surface area contributed by atoms with E-state index in [0.717, 1.165) is 21.8 Å². The zero-order valence-corrected chi connectivity index (χ0v) is 16.6. The van der Waals surface area contributed by atoms with Crippen molar-refractivity contribution in [2.45, 2.75) is 13.3 Å². The number of ether oxygens (including phenoxy) is 1. The van der Waals surface area contributed by atoms with E-state index in [-0.39, 0.29) is 5.91 Å². The summed E-state index contributed by atoms with van der Waals surface area (Å²) in [7, 11) is 0. The van der Waals surface area contributed by atoms with Crippen LogP contribution >= 0.6 is 11.3 Å². The van der Waals surface area contributed by atoms with Gasteiger partial charge < -0.3 is 14.6 Å². The van der Waals surface area contributed by atoms with Gasteiger partial charge in [0.05, 0.1) is 13.0 Å². The Hall–Kier alpha value is -3.45. The summed E-state index contributed by atoms with van der Waals surface area (Å²) in [4.78, 5) is 17.7. The molecule has 0 saturated heterocycles. The van der Waals surface area contributed by atoms with Crippen molar-refractivity contribution in [1.29, 1.82) is 0 Å². The first-order valence-corrected chi connectivity index (χ1v) is 10.1. The number of hydrogen-bond acceptors (Lipinski definition) is 6. The molecule has 7 heteroatoms. The average Bonchev–Trinajstić information content (AvgIpc) is 3.41. The number of nitrogens with zero attached hydrogens (tertiary/aromatic N) is 2. The van der Waals surface area contributed by atoms with Crippen LogP contribution in [0.4, 0.5) is 5.69 Å². The molecule has 1 N–H and O–H groups in total. The Morgan fingerprint density at radius 3 is 2.72 bits per heavy atom. The van der Waals surface area contributed by atoms with E-state index in [1.807, 2.05) is 73.0 Å². The number of nitrogens with one attached hydrogen (secondary N) is 1. The van der Waals surface area contributed by atoms with Gasteiger partial charge in [0.1, 0.15) is 5.75 Å². The van der Waals surface area contributed by atoms with Gasteiger partial charge in [0.15, 0.2) is 0 Å². The average molecular weight is 405 g/mol. The van der Waals surface area contributed by atoms with Gasteiger partial charge in [-0.3, -0.25) is 4.79 Å². The fourth-order valence-electron chi connectivity index (χ4n) is 2.83. The van der Waals surface area contributed by atoms with Crippen LogP contribution in [0.5, 0.6) is 5.75 Å². The van der Waals surface area contributed by atoms with Crippen molar-refractivity contribution in [2.24, 2.45) is 0 Å². The number of carbonyl (C=O) groups is 1. The van der Waals surface area contributed by atoms with Crippen LogP contribution in [0, 0.1) is 0 Å². The van der Waals surface area contributed by atoms with Crippen LogP contribution < -0.4 is 10.1 Å². The lowest BCUT2D eigenvalue weighted by atomic mass is 10.2. The molecule has 29 heavy (non-hydrogen) atoms. The van der Waals surface area contributed by atoms with E-state index in [4.69, 9.17) is 9.26 Å². The highest BCUT2D eigenvalue weighted by Gasteiger charge is 2.12. The van der Waals surface area contributed by atoms with Gasteiger partial charge in [-0.25, -0.2) is 0 Å². The van der Waals surface area contributed by atoms with E-state index in [9.17, 15) is 4.79 Å². The minimum absolute atomic E-state index is 0.0622. The van der Waals surface area contributed by atoms with Crippen LogP contribution in [0.3, 0.4) is 0 Å². The zero-order valence-electron chi connectivity index (χ0n) is 15.8. The first-order valence-electron chi connectivity index (χ1n) is 9.21. The molecular formula is C22H19N3O3S. The second-order valence-electron chi connectivity index (χ2n) is 6.27. The second kappa shape index (κ2) is 8.70. The van der Waals surface area contributed by atoms with Crippen molar-refractivity contribution in [3.63, 3.8) is 0 Å². The molecule has 4 rings (SSSR count). The summed E-state index contributed by atoms with van der Waals surface area (Å²) in [6.07, 6.45) is 0.353. The molecule has 2 aromatic heterocycles. The third-order valence-corrected chi connectivity index (χ3v) is 5.03. The highest BCUT2D eigenvalue weighted by molar-refractivity contribution is 7.10. The molecule has 0 aliphatic heterocycles. The van der Waals surface area contributed by atoms with Gasteiger partial charge in [-0.2, -0.15) is 4.98 Å². The minimum atomic E-state index is -0.0622. The Labute approximate surface area is 172 Å². The fraction of sp³-hybridized carbons (Fsp3) is 0.136. The quantitative estimate of drug-likeness (QED) is 0.466. The van der Waals surface area contributed by atoms with Gasteiger partial charge in [0.25, 0.3) is 5.89 Å². The summed E-state index contributed by atoms with van der Waals surface area (Å²) in [5.74, 6) is 1.62. The van der Waals surface area contributed by atoms with Crippen LogP contribution in [0.15, 0.2) is 70.6 Å². The third kappa shape index (κ3) is 4.70. The number of aromatic nitrogens is 2. The number of thiophene rings is 1. The molecule has 2 aromatic carbocycles. The standard InChI is InChI=1S/C22H19N3O3S/c1-2-27-18-10-8-15(9-11-18)22-24-21(25-28-22)16-5-3-6-17(13-16)23-20(26)14-19-7-4-12-29-19/h3-13H,2,14H2,1H3,(H,23,26). The molecule has 0 aliphatic rings. The van der Waals surface area contributed by atoms with E-state index in [0.29, 0.717) is 30.4 Å². The SMILES string of the molecule is CCOc1ccc(-c2nc(-c3cccc(NC(=O)Cc4cccs4)c3)no2)cc1. The lowest BCUT2D eigenvalue weighted by Crippen LogP contribution is -2.13. The van der Waals surface area contributed by atoms with Gasteiger partial charge in [0, 0.05) is 21.7 Å². The highest BCUT2D eigenvalue weighted by Crippen LogP contribution is 2.25. The maximum Gasteiger partial charge on any atom is 0.258 e. The summed E-state index contributed by atoms with van der Waals surface area (Å²) < 4.78 is 10.9. The fourth-order valence-corrected chi connectivity index (χ4v) is 3.53. The number of rotatable bonds is 7. The monoisotopic (exact) mass is 405 g/mol. The van der Waals surface area contributed by atoms with E-state index in [2.05, 4.69) is 15.5 Å². The Morgan fingerprint density at radius 2 is 1.97 bits per heavy atom. The summed E-state index contributed by atoms with van der Waals surface area (Å²) in [5.41, 5.74) is 2.27.